The minimum atomic E-state index is -1.02. The van der Waals surface area contributed by atoms with E-state index in [0.717, 1.165) is 85.9 Å². The van der Waals surface area contributed by atoms with Gasteiger partial charge >= 0.3 is 0 Å². The molecule has 6 heterocycles. The third kappa shape index (κ3) is 7.31. The number of piperidine rings is 2. The van der Waals surface area contributed by atoms with Gasteiger partial charge in [0.15, 0.2) is 0 Å². The smallest absolute Gasteiger partial charge is 0.262 e. The number of piperazine rings is 1. The molecule has 3 aromatic rings. The van der Waals surface area contributed by atoms with Crippen LogP contribution in [-0.2, 0) is 27.3 Å². The minimum Gasteiger partial charge on any atom is -0.371 e. The molecule has 1 spiro atoms. The number of hydrogen-bond acceptors (Lipinski definition) is 9. The number of halogens is 1. The summed E-state index contributed by atoms with van der Waals surface area (Å²) in [5.41, 5.74) is 5.64. The third-order valence-corrected chi connectivity index (χ3v) is 13.6. The number of carbonyl (C=O) groups is 6. The second-order valence-electron chi connectivity index (χ2n) is 16.7. The van der Waals surface area contributed by atoms with E-state index in [1.807, 2.05) is 41.3 Å². The van der Waals surface area contributed by atoms with Gasteiger partial charge in [-0.15, -0.1) is 0 Å². The monoisotopic (exact) mass is 816 g/mol. The Kier molecular flexibility index (Phi) is 10.1. The first kappa shape index (κ1) is 38.7. The average Bonchev–Trinajstić information content (AvgIpc) is 3.77. The predicted octanol–water partition coefficient (Wildman–Crippen LogP) is 4.13. The number of likely N-dealkylation sites (tertiary alicyclic amines) is 1. The maximum absolute atomic E-state index is 13.6. The van der Waals surface area contributed by atoms with Crippen molar-refractivity contribution >= 4 is 64.1 Å². The first-order chi connectivity index (χ1) is 28.5. The van der Waals surface area contributed by atoms with E-state index in [9.17, 15) is 28.8 Å². The molecule has 1 N–H and O–H groups in total. The molecule has 1 unspecified atom stereocenters. The van der Waals surface area contributed by atoms with E-state index in [4.69, 9.17) is 18.2 Å². The fraction of sp³-hybridized carbons (Fsp3) is 0.432. The van der Waals surface area contributed by atoms with Crippen molar-refractivity contribution in [3.63, 3.8) is 0 Å². The zero-order chi connectivity index (χ0) is 41.0. The first-order valence-electron chi connectivity index (χ1n) is 20.4. The van der Waals surface area contributed by atoms with Crippen LogP contribution in [0.2, 0.25) is 5.02 Å². The summed E-state index contributed by atoms with van der Waals surface area (Å²) in [6, 6.07) is 15.9. The van der Waals surface area contributed by atoms with Crippen molar-refractivity contribution in [2.45, 2.75) is 51.1 Å². The van der Waals surface area contributed by atoms with Crippen LogP contribution in [0.4, 0.5) is 17.1 Å². The molecule has 304 valence electrons. The Balaban J connectivity index is 0.740. The molecular weight excluding hydrogens is 772 g/mol. The molecule has 1 atom stereocenters. The van der Waals surface area contributed by atoms with Crippen LogP contribution in [-0.4, -0.2) is 127 Å². The summed E-state index contributed by atoms with van der Waals surface area (Å²) in [5, 5.41) is 2.71. The summed E-state index contributed by atoms with van der Waals surface area (Å²) in [6.07, 6.45) is 3.70. The molecule has 6 aliphatic rings. The molecule has 0 aliphatic carbocycles. The molecule has 15 heteroatoms. The van der Waals surface area contributed by atoms with Gasteiger partial charge in [0.05, 0.1) is 24.2 Å². The Hall–Kier alpha value is -5.78. The molecule has 3 aromatic carbocycles. The highest BCUT2D eigenvalue weighted by Crippen LogP contribution is 2.43. The zero-order valence-corrected chi connectivity index (χ0v) is 33.5. The fourth-order valence-electron chi connectivity index (χ4n) is 9.72. The summed E-state index contributed by atoms with van der Waals surface area (Å²) >= 11 is 6.32. The quantitative estimate of drug-likeness (QED) is 0.288. The molecule has 4 saturated heterocycles. The van der Waals surface area contributed by atoms with Crippen molar-refractivity contribution in [2.24, 2.45) is 5.41 Å². The normalized spacial score (nSPS) is 21.8. The Morgan fingerprint density at radius 3 is 2.12 bits per heavy atom. The van der Waals surface area contributed by atoms with Crippen molar-refractivity contribution in [1.82, 2.24) is 24.9 Å². The van der Waals surface area contributed by atoms with Crippen LogP contribution in [0.15, 0.2) is 54.6 Å². The lowest BCUT2D eigenvalue weighted by Crippen LogP contribution is -2.54. The molecule has 9 rings (SSSR count). The van der Waals surface area contributed by atoms with Crippen LogP contribution < -0.4 is 15.1 Å². The summed E-state index contributed by atoms with van der Waals surface area (Å²) in [6.45, 7) is 14.6. The lowest BCUT2D eigenvalue weighted by atomic mass is 9.77. The Bertz CT molecular complexity index is 2310. The van der Waals surface area contributed by atoms with Gasteiger partial charge in [0.1, 0.15) is 6.04 Å². The van der Waals surface area contributed by atoms with Gasteiger partial charge in [0.25, 0.3) is 17.7 Å². The van der Waals surface area contributed by atoms with Crippen molar-refractivity contribution in [2.75, 3.05) is 75.2 Å². The molecule has 6 amide bonds. The van der Waals surface area contributed by atoms with Crippen LogP contribution in [0, 0.1) is 12.0 Å². The molecule has 0 aromatic heterocycles. The van der Waals surface area contributed by atoms with E-state index in [1.165, 1.54) is 0 Å². The molecule has 0 bridgehead atoms. The summed E-state index contributed by atoms with van der Waals surface area (Å²) in [5.74, 6) is -2.07. The summed E-state index contributed by atoms with van der Waals surface area (Å²) in [7, 11) is 0. The van der Waals surface area contributed by atoms with Crippen LogP contribution in [0.5, 0.6) is 0 Å². The van der Waals surface area contributed by atoms with Gasteiger partial charge in [-0.05, 0) is 97.2 Å². The maximum Gasteiger partial charge on any atom is 0.262 e. The number of imide groups is 2. The minimum absolute atomic E-state index is 0.00562. The SMILES string of the molecule is [C-]#[N+]c1ccc(N2CCC3(CCN(C(=O)c4ccc(N5CCN(CC(=O)N6CCc7cc8c(cc7C6)C(=O)N(C6CCC(=O)NC6=O)C8=O)CC5)cc4)CC3)C2)cc1Cl. The van der Waals surface area contributed by atoms with Crippen LogP contribution >= 0.6 is 11.6 Å². The highest BCUT2D eigenvalue weighted by Gasteiger charge is 2.46. The van der Waals surface area contributed by atoms with Crippen molar-refractivity contribution < 1.29 is 28.8 Å². The molecule has 59 heavy (non-hydrogen) atoms. The Morgan fingerprint density at radius 2 is 1.44 bits per heavy atom. The van der Waals surface area contributed by atoms with Crippen molar-refractivity contribution in [3.05, 3.63) is 98.9 Å². The molecule has 4 fully saturated rings. The lowest BCUT2D eigenvalue weighted by Gasteiger charge is -2.39. The highest BCUT2D eigenvalue weighted by atomic mass is 35.5. The van der Waals surface area contributed by atoms with Crippen LogP contribution in [0.25, 0.3) is 4.85 Å². The second-order valence-corrected chi connectivity index (χ2v) is 17.1. The number of rotatable bonds is 6. The predicted molar refractivity (Wildman–Crippen MR) is 219 cm³/mol. The molecule has 6 aliphatic heterocycles. The highest BCUT2D eigenvalue weighted by molar-refractivity contribution is 6.33. The van der Waals surface area contributed by atoms with Gasteiger partial charge in [-0.25, -0.2) is 4.85 Å². The molecular formula is C44H45ClN8O6. The van der Waals surface area contributed by atoms with E-state index in [2.05, 4.69) is 24.9 Å². The van der Waals surface area contributed by atoms with Crippen molar-refractivity contribution in [1.29, 1.82) is 0 Å². The third-order valence-electron chi connectivity index (χ3n) is 13.3. The summed E-state index contributed by atoms with van der Waals surface area (Å²) in [4.78, 5) is 92.9. The van der Waals surface area contributed by atoms with Gasteiger partial charge in [-0.2, -0.15) is 0 Å². The number of carbonyl (C=O) groups excluding carboxylic acids is 6. The topological polar surface area (TPSA) is 138 Å². The van der Waals surface area contributed by atoms with Gasteiger partial charge in [0, 0.05) is 93.8 Å². The standard InChI is InChI=1S/C44H45ClN8O6/c1-46-36-7-6-32(24-35(36)45)52-17-13-44(27-52)11-15-50(16-12-44)41(57)28-2-4-31(5-3-28)49-20-18-48(19-21-49)26-39(55)51-14-10-29-22-33-34(23-30(29)25-51)43(59)53(42(33)58)37-8-9-38(54)47-40(37)56/h2-7,22-24,37H,8-21,25-27H2,(H,47,54,56). The van der Waals surface area contributed by atoms with E-state index >= 15 is 0 Å². The average molecular weight is 817 g/mol. The number of amides is 6. The Morgan fingerprint density at radius 1 is 0.763 bits per heavy atom. The van der Waals surface area contributed by atoms with E-state index in [1.54, 1.807) is 23.1 Å². The second kappa shape index (κ2) is 15.4. The van der Waals surface area contributed by atoms with Gasteiger partial charge in [0.2, 0.25) is 23.4 Å². The van der Waals surface area contributed by atoms with Gasteiger partial charge in [-0.3, -0.25) is 43.9 Å². The van der Waals surface area contributed by atoms with E-state index in [-0.39, 0.29) is 47.7 Å². The fourth-order valence-corrected chi connectivity index (χ4v) is 9.94. The molecule has 14 nitrogen and oxygen atoms in total. The van der Waals surface area contributed by atoms with E-state index in [0.29, 0.717) is 48.9 Å². The van der Waals surface area contributed by atoms with Crippen LogP contribution in [0.1, 0.15) is 74.3 Å². The number of benzene rings is 3. The van der Waals surface area contributed by atoms with Gasteiger partial charge in [-0.1, -0.05) is 17.7 Å². The maximum atomic E-state index is 13.6. The number of anilines is 2. The number of nitrogens with one attached hydrogen (secondary N) is 1. The van der Waals surface area contributed by atoms with E-state index < -0.39 is 29.7 Å². The number of hydrogen-bond donors (Lipinski definition) is 1. The van der Waals surface area contributed by atoms with Crippen LogP contribution in [0.3, 0.4) is 0 Å². The largest absolute Gasteiger partial charge is 0.371 e. The zero-order valence-electron chi connectivity index (χ0n) is 32.8. The summed E-state index contributed by atoms with van der Waals surface area (Å²) < 4.78 is 0. The van der Waals surface area contributed by atoms with Gasteiger partial charge < -0.3 is 19.6 Å². The number of nitrogens with zero attached hydrogens (tertiary/aromatic N) is 7. The molecule has 0 saturated carbocycles. The Labute approximate surface area is 347 Å². The first-order valence-corrected chi connectivity index (χ1v) is 20.8. The molecule has 0 radical (unpaired) electrons. The lowest BCUT2D eigenvalue weighted by molar-refractivity contribution is -0.136. The van der Waals surface area contributed by atoms with Crippen molar-refractivity contribution in [3.8, 4) is 0 Å². The number of fused-ring (bicyclic) bond motifs is 2.